The number of nitrogens with zero attached hydrogens (tertiary/aromatic N) is 1. The Balaban J connectivity index is 1.49. The summed E-state index contributed by atoms with van der Waals surface area (Å²) in [7, 11) is 0. The molecule has 4 aliphatic rings. The number of fused-ring (bicyclic) bond motifs is 1. The molecule has 1 aliphatic carbocycles. The molecule has 0 aromatic heterocycles. The summed E-state index contributed by atoms with van der Waals surface area (Å²) in [6.07, 6.45) is 8.24. The Labute approximate surface area is 218 Å². The normalized spacial score (nSPS) is 32.4. The van der Waals surface area contributed by atoms with Gasteiger partial charge in [0, 0.05) is 17.8 Å². The van der Waals surface area contributed by atoms with E-state index in [1.807, 2.05) is 37.3 Å². The number of hydrogen-bond donors (Lipinski definition) is 3. The fraction of sp³-hybridized carbons (Fsp3) is 0.679. The number of rotatable bonds is 9. The Morgan fingerprint density at radius 3 is 2.58 bits per heavy atom. The minimum Gasteiger partial charge on any atom is -0.394 e. The van der Waals surface area contributed by atoms with E-state index in [2.05, 4.69) is 10.6 Å². The van der Waals surface area contributed by atoms with Crippen LogP contribution in [0.25, 0.3) is 0 Å². The Morgan fingerprint density at radius 1 is 1.14 bits per heavy atom. The molecule has 3 heterocycles. The third kappa shape index (κ3) is 4.44. The van der Waals surface area contributed by atoms with Gasteiger partial charge in [0.2, 0.25) is 17.7 Å². The third-order valence-corrected chi connectivity index (χ3v) is 10.7. The van der Waals surface area contributed by atoms with Crippen molar-refractivity contribution < 1.29 is 19.5 Å². The lowest BCUT2D eigenvalue weighted by Gasteiger charge is -2.38. The summed E-state index contributed by atoms with van der Waals surface area (Å²) in [4.78, 5) is 43.2. The molecule has 1 aromatic carbocycles. The number of hydrogen-bond acceptors (Lipinski definition) is 5. The van der Waals surface area contributed by atoms with Crippen LogP contribution >= 0.6 is 11.8 Å². The quantitative estimate of drug-likeness (QED) is 0.472. The zero-order valence-electron chi connectivity index (χ0n) is 21.2. The average molecular weight is 514 g/mol. The first-order valence-electron chi connectivity index (χ1n) is 13.7. The summed E-state index contributed by atoms with van der Waals surface area (Å²) in [6.45, 7) is 2.38. The van der Waals surface area contributed by atoms with E-state index >= 15 is 0 Å². The van der Waals surface area contributed by atoms with E-state index in [4.69, 9.17) is 0 Å². The second-order valence-electron chi connectivity index (χ2n) is 11.0. The van der Waals surface area contributed by atoms with Crippen molar-refractivity contribution in [3.63, 3.8) is 0 Å². The van der Waals surface area contributed by atoms with Crippen molar-refractivity contribution in [3.8, 4) is 0 Å². The van der Waals surface area contributed by atoms with Crippen LogP contribution in [0.15, 0.2) is 30.3 Å². The molecule has 196 valence electrons. The molecule has 7 nitrogen and oxygen atoms in total. The molecule has 3 amide bonds. The maximum absolute atomic E-state index is 14.2. The van der Waals surface area contributed by atoms with E-state index in [9.17, 15) is 19.5 Å². The summed E-state index contributed by atoms with van der Waals surface area (Å²) < 4.78 is -0.612. The number of carbonyl (C=O) groups is 3. The second-order valence-corrected chi connectivity index (χ2v) is 12.6. The van der Waals surface area contributed by atoms with Crippen LogP contribution in [-0.2, 0) is 20.8 Å². The Kier molecular flexibility index (Phi) is 7.63. The standard InChI is InChI=1S/C28H39N3O4S/c1-2-15-29-25(33)22-21-13-14-28(36-21)23(22)27(35)31(20(17-32)16-18-9-5-3-6-10-18)24(28)26(34)30-19-11-7-4-8-12-19/h3,5-6,9-10,19-24,32H,2,4,7-8,11-17H2,1H3,(H,29,33)(H,30,34)/t20-,21-,22+,23+,24?,28?/m1/s1. The van der Waals surface area contributed by atoms with E-state index in [1.165, 1.54) is 6.42 Å². The molecule has 6 atom stereocenters. The molecular formula is C28H39N3O4S. The number of aliphatic hydroxyl groups is 1. The molecule has 3 aliphatic heterocycles. The van der Waals surface area contributed by atoms with Gasteiger partial charge in [0.05, 0.1) is 29.2 Å². The lowest BCUT2D eigenvalue weighted by Crippen LogP contribution is -2.58. The molecule has 3 saturated heterocycles. The number of likely N-dealkylation sites (tertiary alicyclic amines) is 1. The lowest BCUT2D eigenvalue weighted by atomic mass is 9.70. The molecule has 1 saturated carbocycles. The largest absolute Gasteiger partial charge is 0.394 e. The topological polar surface area (TPSA) is 98.7 Å². The molecule has 5 rings (SSSR count). The summed E-state index contributed by atoms with van der Waals surface area (Å²) in [6, 6.07) is 8.76. The van der Waals surface area contributed by atoms with Crippen LogP contribution in [0.1, 0.15) is 63.9 Å². The highest BCUT2D eigenvalue weighted by Crippen LogP contribution is 2.66. The van der Waals surface area contributed by atoms with Gasteiger partial charge in [-0.05, 0) is 44.1 Å². The van der Waals surface area contributed by atoms with Crippen molar-refractivity contribution in [2.24, 2.45) is 11.8 Å². The van der Waals surface area contributed by atoms with E-state index in [-0.39, 0.29) is 35.6 Å². The van der Waals surface area contributed by atoms with Gasteiger partial charge in [-0.25, -0.2) is 0 Å². The number of amides is 3. The number of thioether (sulfide) groups is 1. The van der Waals surface area contributed by atoms with Crippen LogP contribution in [0.5, 0.6) is 0 Å². The number of nitrogens with one attached hydrogen (secondary N) is 2. The monoisotopic (exact) mass is 513 g/mol. The first-order chi connectivity index (χ1) is 17.5. The predicted molar refractivity (Wildman–Crippen MR) is 140 cm³/mol. The van der Waals surface area contributed by atoms with E-state index in [1.54, 1.807) is 16.7 Å². The van der Waals surface area contributed by atoms with Gasteiger partial charge in [0.15, 0.2) is 0 Å². The van der Waals surface area contributed by atoms with Crippen LogP contribution < -0.4 is 10.6 Å². The first-order valence-corrected chi connectivity index (χ1v) is 14.6. The number of benzene rings is 1. The molecule has 2 unspecified atom stereocenters. The van der Waals surface area contributed by atoms with Gasteiger partial charge in [-0.2, -0.15) is 0 Å². The minimum atomic E-state index is -0.670. The Bertz CT molecular complexity index is 969. The van der Waals surface area contributed by atoms with Crippen molar-refractivity contribution in [1.29, 1.82) is 0 Å². The van der Waals surface area contributed by atoms with E-state index in [0.717, 1.165) is 50.5 Å². The molecule has 2 bridgehead atoms. The number of aliphatic hydroxyl groups excluding tert-OH is 1. The second kappa shape index (κ2) is 10.7. The van der Waals surface area contributed by atoms with Gasteiger partial charge < -0.3 is 20.6 Å². The van der Waals surface area contributed by atoms with Crippen LogP contribution in [0.3, 0.4) is 0 Å². The van der Waals surface area contributed by atoms with Crippen LogP contribution in [0.2, 0.25) is 0 Å². The zero-order chi connectivity index (χ0) is 25.3. The van der Waals surface area contributed by atoms with Gasteiger partial charge in [-0.3, -0.25) is 14.4 Å². The van der Waals surface area contributed by atoms with Gasteiger partial charge in [-0.1, -0.05) is 56.5 Å². The van der Waals surface area contributed by atoms with E-state index in [0.29, 0.717) is 13.0 Å². The molecule has 3 N–H and O–H groups in total. The van der Waals surface area contributed by atoms with Crippen LogP contribution in [0, 0.1) is 11.8 Å². The van der Waals surface area contributed by atoms with E-state index < -0.39 is 28.7 Å². The first kappa shape index (κ1) is 25.6. The molecule has 36 heavy (non-hydrogen) atoms. The summed E-state index contributed by atoms with van der Waals surface area (Å²) in [5.41, 5.74) is 1.01. The third-order valence-electron chi connectivity index (χ3n) is 8.71. The van der Waals surface area contributed by atoms with Crippen molar-refractivity contribution in [1.82, 2.24) is 15.5 Å². The smallest absolute Gasteiger partial charge is 0.244 e. The molecule has 8 heteroatoms. The van der Waals surface area contributed by atoms with Crippen molar-refractivity contribution in [2.45, 2.75) is 92.8 Å². The molecule has 4 fully saturated rings. The zero-order valence-corrected chi connectivity index (χ0v) is 22.0. The van der Waals surface area contributed by atoms with Crippen molar-refractivity contribution in [2.75, 3.05) is 13.2 Å². The van der Waals surface area contributed by atoms with Gasteiger partial charge >= 0.3 is 0 Å². The number of carbonyl (C=O) groups excluding carboxylic acids is 3. The SMILES string of the molecule is CCCNC(=O)[C@@H]1[C@H]2C(=O)N([C@@H](CO)Cc3ccccc3)C(C(=O)NC3CCCCC3)C23CC[C@H]1S3. The Hall–Kier alpha value is -2.06. The van der Waals surface area contributed by atoms with Gasteiger partial charge in [0.1, 0.15) is 6.04 Å². The highest BCUT2D eigenvalue weighted by Gasteiger charge is 2.74. The van der Waals surface area contributed by atoms with Gasteiger partial charge in [0.25, 0.3) is 0 Å². The fourth-order valence-electron chi connectivity index (χ4n) is 7.11. The van der Waals surface area contributed by atoms with Gasteiger partial charge in [-0.15, -0.1) is 11.8 Å². The van der Waals surface area contributed by atoms with Crippen LogP contribution in [0.4, 0.5) is 0 Å². The maximum atomic E-state index is 14.2. The summed E-state index contributed by atoms with van der Waals surface area (Å²) >= 11 is 1.69. The van der Waals surface area contributed by atoms with Crippen molar-refractivity contribution >= 4 is 29.5 Å². The highest BCUT2D eigenvalue weighted by molar-refractivity contribution is 8.02. The Morgan fingerprint density at radius 2 is 1.89 bits per heavy atom. The average Bonchev–Trinajstić information content (AvgIpc) is 3.54. The molecule has 1 spiro atoms. The van der Waals surface area contributed by atoms with Crippen LogP contribution in [-0.4, -0.2) is 69.0 Å². The predicted octanol–water partition coefficient (Wildman–Crippen LogP) is 2.66. The molecule has 1 aromatic rings. The van der Waals surface area contributed by atoms with Crippen molar-refractivity contribution in [3.05, 3.63) is 35.9 Å². The lowest BCUT2D eigenvalue weighted by molar-refractivity contribution is -0.142. The highest BCUT2D eigenvalue weighted by atomic mass is 32.2. The maximum Gasteiger partial charge on any atom is 0.244 e. The fourth-order valence-corrected chi connectivity index (χ4v) is 9.32. The molecular weight excluding hydrogens is 474 g/mol. The minimum absolute atomic E-state index is 0.0598. The summed E-state index contributed by atoms with van der Waals surface area (Å²) in [5.74, 6) is -1.25. The summed E-state index contributed by atoms with van der Waals surface area (Å²) in [5, 5.41) is 16.9. The molecule has 0 radical (unpaired) electrons.